The van der Waals surface area contributed by atoms with E-state index >= 15 is 0 Å². The minimum atomic E-state index is -0.630. The fourth-order valence-corrected chi connectivity index (χ4v) is 11.3. The Bertz CT molecular complexity index is 2480. The second-order valence-electron chi connectivity index (χ2n) is 19.7. The van der Waals surface area contributed by atoms with E-state index < -0.39 is 11.9 Å². The summed E-state index contributed by atoms with van der Waals surface area (Å²) in [6.45, 7) is 13.8. The summed E-state index contributed by atoms with van der Waals surface area (Å²) in [5.41, 5.74) is 7.06. The van der Waals surface area contributed by atoms with E-state index in [9.17, 15) is 23.6 Å². The van der Waals surface area contributed by atoms with Gasteiger partial charge in [0.1, 0.15) is 17.7 Å². The molecule has 1 spiro atoms. The first-order valence-electron chi connectivity index (χ1n) is 21.8. The Balaban J connectivity index is 0.749. The molecule has 8 heterocycles. The zero-order valence-electron chi connectivity index (χ0n) is 35.5. The number of rotatable bonds is 7. The first-order chi connectivity index (χ1) is 29.1. The highest BCUT2D eigenvalue weighted by atomic mass is 19.1. The summed E-state index contributed by atoms with van der Waals surface area (Å²) in [6.07, 6.45) is 10.0. The Morgan fingerprint density at radius 2 is 1.64 bits per heavy atom. The minimum absolute atomic E-state index is 0.128. The van der Waals surface area contributed by atoms with Crippen LogP contribution in [0.2, 0.25) is 0 Å². The molecule has 4 fully saturated rings. The SMILES string of the molecule is CC1(C)CC(C=C(c2ccc(N3CCC4(CC3)CN(C(=O)CN3Cc5cc6c(cc5C3)C(=O)N(C3CCC(=O)NC3=O)C6)C4)nc2)c2ccc3[nH]cc(F)c3c2)CC(C)(C)O1. The van der Waals surface area contributed by atoms with Gasteiger partial charge < -0.3 is 24.4 Å². The summed E-state index contributed by atoms with van der Waals surface area (Å²) >= 11 is 0. The van der Waals surface area contributed by atoms with Gasteiger partial charge in [0.25, 0.3) is 5.91 Å². The number of H-pyrrole nitrogens is 1. The lowest BCUT2D eigenvalue weighted by Crippen LogP contribution is -2.63. The number of fused-ring (bicyclic) bond motifs is 3. The van der Waals surface area contributed by atoms with Crippen LogP contribution in [0.5, 0.6) is 0 Å². The van der Waals surface area contributed by atoms with Crippen LogP contribution in [0, 0.1) is 17.2 Å². The van der Waals surface area contributed by atoms with E-state index in [1.165, 1.54) is 6.20 Å². The third-order valence-corrected chi connectivity index (χ3v) is 14.0. The van der Waals surface area contributed by atoms with Crippen LogP contribution in [0.3, 0.4) is 0 Å². The normalized spacial score (nSPS) is 23.7. The summed E-state index contributed by atoms with van der Waals surface area (Å²) in [4.78, 5) is 67.1. The van der Waals surface area contributed by atoms with E-state index in [0.717, 1.165) is 96.6 Å². The summed E-state index contributed by atoms with van der Waals surface area (Å²) in [6, 6.07) is 13.6. The molecule has 13 heteroatoms. The second-order valence-corrected chi connectivity index (χ2v) is 19.7. The third-order valence-electron chi connectivity index (χ3n) is 14.0. The number of aromatic nitrogens is 2. The van der Waals surface area contributed by atoms with Crippen LogP contribution in [0.15, 0.2) is 60.9 Å². The maximum Gasteiger partial charge on any atom is 0.255 e. The average Bonchev–Trinajstić information content (AvgIpc) is 3.87. The van der Waals surface area contributed by atoms with Gasteiger partial charge in [0.05, 0.1) is 17.7 Å². The smallest absolute Gasteiger partial charge is 0.255 e. The van der Waals surface area contributed by atoms with Gasteiger partial charge in [0.2, 0.25) is 17.7 Å². The molecule has 12 nitrogen and oxygen atoms in total. The second kappa shape index (κ2) is 14.6. The van der Waals surface area contributed by atoms with Crippen LogP contribution >= 0.6 is 0 Å². The van der Waals surface area contributed by atoms with E-state index in [0.29, 0.717) is 43.5 Å². The van der Waals surface area contributed by atoms with Gasteiger partial charge in [-0.2, -0.15) is 0 Å². The van der Waals surface area contributed by atoms with Crippen LogP contribution in [0.25, 0.3) is 16.5 Å². The number of ether oxygens (including phenoxy) is 1. The van der Waals surface area contributed by atoms with E-state index in [1.54, 1.807) is 4.90 Å². The molecule has 2 aromatic carbocycles. The number of piperidine rings is 2. The molecule has 10 rings (SSSR count). The van der Waals surface area contributed by atoms with Crippen molar-refractivity contribution in [3.63, 3.8) is 0 Å². The number of nitrogens with zero attached hydrogens (tertiary/aromatic N) is 5. The lowest BCUT2D eigenvalue weighted by molar-refractivity contribution is -0.166. The first-order valence-corrected chi connectivity index (χ1v) is 21.8. The zero-order valence-corrected chi connectivity index (χ0v) is 35.5. The van der Waals surface area contributed by atoms with Crippen molar-refractivity contribution in [3.05, 3.63) is 100 Å². The van der Waals surface area contributed by atoms with E-state index in [1.807, 2.05) is 29.3 Å². The maximum absolute atomic E-state index is 14.8. The highest BCUT2D eigenvalue weighted by Crippen LogP contribution is 2.43. The van der Waals surface area contributed by atoms with Crippen LogP contribution in [0.4, 0.5) is 10.2 Å². The van der Waals surface area contributed by atoms with Crippen LogP contribution < -0.4 is 10.2 Å². The quantitative estimate of drug-likeness (QED) is 0.207. The standard InChI is InChI=1S/C48H54FN7O5/c1-46(2)19-29(20-47(3,4)61-46)15-35(30-5-7-39-37(17-30)38(49)22-50-39)31-6-9-41(51-21-31)54-13-11-48(12-14-54)27-55(28-48)43(58)26-53-23-32-16-34-25-56(40-8-10-42(57)52-44(40)59)45(60)36(34)18-33(32)24-53/h5-7,9,15-18,21-22,29,40,50H,8,10-14,19-20,23-28H2,1-4H3,(H,52,57,59). The largest absolute Gasteiger partial charge is 0.370 e. The number of nitrogens with one attached hydrogen (secondary N) is 2. The molecule has 6 aliphatic rings. The number of benzene rings is 2. The molecule has 1 unspecified atom stereocenters. The van der Waals surface area contributed by atoms with Crippen LogP contribution in [-0.2, 0) is 38.8 Å². The molecule has 0 aliphatic carbocycles. The molecule has 0 saturated carbocycles. The number of anilines is 1. The fourth-order valence-electron chi connectivity index (χ4n) is 11.3. The van der Waals surface area contributed by atoms with Gasteiger partial charge >= 0.3 is 0 Å². The zero-order chi connectivity index (χ0) is 42.4. The number of imide groups is 1. The lowest BCUT2D eigenvalue weighted by atomic mass is 9.72. The van der Waals surface area contributed by atoms with Crippen molar-refractivity contribution < 1.29 is 28.3 Å². The molecule has 4 saturated heterocycles. The van der Waals surface area contributed by atoms with Gasteiger partial charge in [0, 0.05) is 92.1 Å². The predicted octanol–water partition coefficient (Wildman–Crippen LogP) is 6.32. The van der Waals surface area contributed by atoms with Crippen LogP contribution in [-0.4, -0.2) is 98.3 Å². The summed E-state index contributed by atoms with van der Waals surface area (Å²) in [5, 5.41) is 2.94. The molecule has 318 valence electrons. The molecule has 0 radical (unpaired) electrons. The Morgan fingerprint density at radius 3 is 2.34 bits per heavy atom. The minimum Gasteiger partial charge on any atom is -0.370 e. The molecule has 2 aromatic heterocycles. The maximum atomic E-state index is 14.8. The number of carbonyl (C=O) groups is 4. The van der Waals surface area contributed by atoms with Crippen LogP contribution in [0.1, 0.15) is 104 Å². The molecular formula is C48H54FN7O5. The van der Waals surface area contributed by atoms with Crippen molar-refractivity contribution in [2.24, 2.45) is 11.3 Å². The van der Waals surface area contributed by atoms with Gasteiger partial charge in [0.15, 0.2) is 0 Å². The predicted molar refractivity (Wildman–Crippen MR) is 229 cm³/mol. The molecule has 1 atom stereocenters. The number of hydrogen-bond acceptors (Lipinski definition) is 8. The number of carbonyl (C=O) groups excluding carboxylic acids is 4. The summed E-state index contributed by atoms with van der Waals surface area (Å²) < 4.78 is 21.2. The highest BCUT2D eigenvalue weighted by Gasteiger charge is 2.47. The van der Waals surface area contributed by atoms with Crippen molar-refractivity contribution in [1.82, 2.24) is 30.0 Å². The number of aromatic amines is 1. The topological polar surface area (TPSA) is 131 Å². The van der Waals surface area contributed by atoms with E-state index in [-0.39, 0.29) is 52.5 Å². The monoisotopic (exact) mass is 827 g/mol. The number of hydrogen-bond donors (Lipinski definition) is 2. The molecule has 4 amide bonds. The number of amides is 4. The Kier molecular flexibility index (Phi) is 9.52. The number of likely N-dealkylation sites (tertiary alicyclic amines) is 1. The third kappa shape index (κ3) is 7.53. The molecule has 61 heavy (non-hydrogen) atoms. The summed E-state index contributed by atoms with van der Waals surface area (Å²) in [5.74, 6) is 0.216. The van der Waals surface area contributed by atoms with Crippen molar-refractivity contribution in [1.29, 1.82) is 0 Å². The summed E-state index contributed by atoms with van der Waals surface area (Å²) in [7, 11) is 0. The highest BCUT2D eigenvalue weighted by molar-refractivity contribution is 6.05. The van der Waals surface area contributed by atoms with Gasteiger partial charge in [-0.1, -0.05) is 18.2 Å². The molecule has 2 N–H and O–H groups in total. The number of halogens is 1. The van der Waals surface area contributed by atoms with Gasteiger partial charge in [-0.3, -0.25) is 29.4 Å². The first kappa shape index (κ1) is 39.7. The Hall–Kier alpha value is -5.40. The molecule has 4 aromatic rings. The van der Waals surface area contributed by atoms with Crippen molar-refractivity contribution >= 4 is 45.9 Å². The molecule has 6 aliphatic heterocycles. The van der Waals surface area contributed by atoms with E-state index in [2.05, 4.69) is 78.1 Å². The van der Waals surface area contributed by atoms with Gasteiger partial charge in [-0.25, -0.2) is 9.37 Å². The molecular weight excluding hydrogens is 774 g/mol. The number of pyridine rings is 1. The van der Waals surface area contributed by atoms with Crippen molar-refractivity contribution in [2.45, 2.75) is 103 Å². The molecule has 0 bridgehead atoms. The van der Waals surface area contributed by atoms with E-state index in [4.69, 9.17) is 9.72 Å². The Labute approximate surface area is 355 Å². The van der Waals surface area contributed by atoms with Gasteiger partial charge in [-0.15, -0.1) is 0 Å². The van der Waals surface area contributed by atoms with Gasteiger partial charge in [-0.05, 0) is 124 Å². The fraction of sp³-hybridized carbons (Fsp3) is 0.479. The van der Waals surface area contributed by atoms with Crippen molar-refractivity contribution in [3.8, 4) is 0 Å². The number of allylic oxidation sites excluding steroid dienone is 1. The average molecular weight is 828 g/mol. The Morgan fingerprint density at radius 1 is 0.918 bits per heavy atom. The lowest BCUT2D eigenvalue weighted by Gasteiger charge is -2.54. The van der Waals surface area contributed by atoms with Crippen molar-refractivity contribution in [2.75, 3.05) is 37.6 Å².